The van der Waals surface area contributed by atoms with Gasteiger partial charge >= 0.3 is 0 Å². The van der Waals surface area contributed by atoms with E-state index in [1.807, 2.05) is 6.07 Å². The first kappa shape index (κ1) is 22.6. The van der Waals surface area contributed by atoms with Crippen molar-refractivity contribution < 1.29 is 4.39 Å². The number of aryl methyl sites for hydroxylation is 2. The molecular formula is C26H28ClFN6O. The summed E-state index contributed by atoms with van der Waals surface area (Å²) in [5.74, 6) is 0.740. The molecule has 0 amide bonds. The van der Waals surface area contributed by atoms with Gasteiger partial charge in [-0.05, 0) is 72.7 Å². The number of nitrogens with zero attached hydrogens (tertiary/aromatic N) is 6. The predicted molar refractivity (Wildman–Crippen MR) is 133 cm³/mol. The summed E-state index contributed by atoms with van der Waals surface area (Å²) in [6, 6.07) is 5.70. The summed E-state index contributed by atoms with van der Waals surface area (Å²) < 4.78 is 17.2. The van der Waals surface area contributed by atoms with E-state index in [4.69, 9.17) is 11.6 Å². The van der Waals surface area contributed by atoms with Crippen LogP contribution in [0.5, 0.6) is 0 Å². The summed E-state index contributed by atoms with van der Waals surface area (Å²) in [6.45, 7) is 5.47. The zero-order valence-corrected chi connectivity index (χ0v) is 20.7. The van der Waals surface area contributed by atoms with Crippen molar-refractivity contribution >= 4 is 28.0 Å². The topological polar surface area (TPSA) is 68.3 Å². The van der Waals surface area contributed by atoms with Crippen LogP contribution in [0.25, 0.3) is 16.4 Å². The number of pyridine rings is 1. The van der Waals surface area contributed by atoms with Crippen molar-refractivity contribution in [3.63, 3.8) is 0 Å². The molecule has 1 aliphatic carbocycles. The van der Waals surface area contributed by atoms with Gasteiger partial charge in [-0.15, -0.1) is 10.2 Å². The predicted octanol–water partition coefficient (Wildman–Crippen LogP) is 4.22. The Hall–Kier alpha value is -2.84. The molecule has 1 aromatic carbocycles. The summed E-state index contributed by atoms with van der Waals surface area (Å²) >= 11 is 6.37. The van der Waals surface area contributed by atoms with Gasteiger partial charge in [0.1, 0.15) is 12.1 Å². The fourth-order valence-electron chi connectivity index (χ4n) is 6.27. The lowest BCUT2D eigenvalue weighted by atomic mass is 9.54. The molecule has 1 saturated heterocycles. The lowest BCUT2D eigenvalue weighted by Gasteiger charge is -2.60. The van der Waals surface area contributed by atoms with Crippen LogP contribution in [0.3, 0.4) is 0 Å². The zero-order chi connectivity index (χ0) is 24.3. The van der Waals surface area contributed by atoms with Crippen LogP contribution in [-0.2, 0) is 13.5 Å². The van der Waals surface area contributed by atoms with Gasteiger partial charge in [0.15, 0.2) is 5.65 Å². The van der Waals surface area contributed by atoms with E-state index in [-0.39, 0.29) is 11.4 Å². The smallest absolute Gasteiger partial charge is 0.275 e. The van der Waals surface area contributed by atoms with Gasteiger partial charge in [0.05, 0.1) is 16.6 Å². The van der Waals surface area contributed by atoms with Crippen LogP contribution >= 0.6 is 11.6 Å². The Bertz CT molecular complexity index is 1480. The molecule has 1 spiro atoms. The Morgan fingerprint density at radius 3 is 2.89 bits per heavy atom. The van der Waals surface area contributed by atoms with Gasteiger partial charge < -0.3 is 4.90 Å². The summed E-state index contributed by atoms with van der Waals surface area (Å²) in [4.78, 5) is 15.1. The van der Waals surface area contributed by atoms with Crippen molar-refractivity contribution in [2.45, 2.75) is 38.5 Å². The largest absolute Gasteiger partial charge is 0.302 e. The van der Waals surface area contributed by atoms with Gasteiger partial charge in [-0.25, -0.2) is 9.07 Å². The summed E-state index contributed by atoms with van der Waals surface area (Å²) in [5, 5.41) is 14.0. The van der Waals surface area contributed by atoms with E-state index < -0.39 is 0 Å². The molecular weight excluding hydrogens is 467 g/mol. The maximum atomic E-state index is 14.3. The number of rotatable bonds is 6. The normalized spacial score (nSPS) is 18.7. The molecule has 0 N–H and O–H groups in total. The second kappa shape index (κ2) is 8.38. The van der Waals surface area contributed by atoms with E-state index in [9.17, 15) is 9.18 Å². The van der Waals surface area contributed by atoms with Gasteiger partial charge in [-0.1, -0.05) is 24.6 Å². The summed E-state index contributed by atoms with van der Waals surface area (Å²) in [7, 11) is 1.65. The highest BCUT2D eigenvalue weighted by molar-refractivity contribution is 6.35. The molecule has 1 unspecified atom stereocenters. The molecule has 3 aromatic heterocycles. The first-order chi connectivity index (χ1) is 16.8. The van der Waals surface area contributed by atoms with Gasteiger partial charge in [0.2, 0.25) is 0 Å². The molecule has 4 aromatic rings. The highest BCUT2D eigenvalue weighted by Crippen LogP contribution is 2.56. The highest BCUT2D eigenvalue weighted by atomic mass is 35.5. The molecule has 2 fully saturated rings. The van der Waals surface area contributed by atoms with Crippen molar-refractivity contribution in [1.82, 2.24) is 29.3 Å². The summed E-state index contributed by atoms with van der Waals surface area (Å²) in [5.41, 5.74) is 2.82. The third-order valence-electron chi connectivity index (χ3n) is 8.19. The average Bonchev–Trinajstić information content (AvgIpc) is 3.23. The molecule has 35 heavy (non-hydrogen) atoms. The third kappa shape index (κ3) is 3.83. The van der Waals surface area contributed by atoms with E-state index >= 15 is 0 Å². The molecule has 0 radical (unpaired) electrons. The fourth-order valence-corrected chi connectivity index (χ4v) is 6.51. The van der Waals surface area contributed by atoms with Crippen LogP contribution in [-0.4, -0.2) is 48.9 Å². The molecule has 1 saturated carbocycles. The van der Waals surface area contributed by atoms with Gasteiger partial charge in [-0.2, -0.15) is 5.10 Å². The summed E-state index contributed by atoms with van der Waals surface area (Å²) in [6.07, 6.45) is 8.78. The molecule has 1 aliphatic heterocycles. The molecule has 1 atom stereocenters. The quantitative estimate of drug-likeness (QED) is 0.401. The Morgan fingerprint density at radius 1 is 1.29 bits per heavy atom. The number of hydrogen-bond acceptors (Lipinski definition) is 5. The average molecular weight is 495 g/mol. The zero-order valence-electron chi connectivity index (χ0n) is 19.9. The molecule has 0 bridgehead atoms. The second-order valence-electron chi connectivity index (χ2n) is 10.5. The van der Waals surface area contributed by atoms with E-state index in [1.165, 1.54) is 30.0 Å². The minimum absolute atomic E-state index is 0.150. The lowest BCUT2D eigenvalue weighted by Crippen LogP contribution is -2.62. The van der Waals surface area contributed by atoms with Crippen molar-refractivity contribution in [3.8, 4) is 0 Å². The fraction of sp³-hybridized carbons (Fsp3) is 0.462. The maximum absolute atomic E-state index is 14.3. The number of likely N-dealkylation sites (tertiary alicyclic amines) is 1. The molecule has 182 valence electrons. The molecule has 4 heterocycles. The van der Waals surface area contributed by atoms with Gasteiger partial charge in [0.25, 0.3) is 5.56 Å². The number of hydrogen-bond donors (Lipinski definition) is 0. The number of fused-ring (bicyclic) bond motifs is 2. The maximum Gasteiger partial charge on any atom is 0.275 e. The van der Waals surface area contributed by atoms with Crippen molar-refractivity contribution in [1.29, 1.82) is 0 Å². The SMILES string of the molecule is CC(c1ccc(Cl)c2c(=O)n(C)ncc12)C1CC2(C1)CN(CCCc1cc3nncn3cc1F)C2. The van der Waals surface area contributed by atoms with Crippen molar-refractivity contribution in [2.75, 3.05) is 19.6 Å². The molecule has 7 nitrogen and oxygen atoms in total. The van der Waals surface area contributed by atoms with E-state index in [0.717, 1.165) is 37.0 Å². The Labute approximate surface area is 207 Å². The van der Waals surface area contributed by atoms with Crippen LogP contribution in [0.15, 0.2) is 41.7 Å². The van der Waals surface area contributed by atoms with Gasteiger partial charge in [-0.3, -0.25) is 9.20 Å². The lowest BCUT2D eigenvalue weighted by molar-refractivity contribution is -0.0994. The first-order valence-electron chi connectivity index (χ1n) is 12.2. The molecule has 2 aliphatic rings. The number of halogens is 2. The Kier molecular flexibility index (Phi) is 5.41. The van der Waals surface area contributed by atoms with Crippen molar-refractivity contribution in [3.05, 3.63) is 69.2 Å². The van der Waals surface area contributed by atoms with Crippen molar-refractivity contribution in [2.24, 2.45) is 18.4 Å². The monoisotopic (exact) mass is 494 g/mol. The first-order valence-corrected chi connectivity index (χ1v) is 12.6. The van der Waals surface area contributed by atoms with Gasteiger partial charge in [0, 0.05) is 31.7 Å². The standard InChI is InChI=1S/C26H28ClFN6O/c1-16(19-5-6-21(27)24-20(19)11-30-32(2)25(24)35)18-9-26(10-18)13-33(14-26)7-3-4-17-8-23-31-29-15-34(23)12-22(17)28/h5-6,8,11-12,15-16,18H,3-4,7,9-10,13-14H2,1-2H3. The minimum atomic E-state index is -0.198. The van der Waals surface area contributed by atoms with Crippen LogP contribution in [0.1, 0.15) is 43.2 Å². The molecule has 9 heteroatoms. The van der Waals surface area contributed by atoms with Crippen LogP contribution < -0.4 is 5.56 Å². The number of aromatic nitrogens is 5. The van der Waals surface area contributed by atoms with Crippen LogP contribution in [0, 0.1) is 17.2 Å². The van der Waals surface area contributed by atoms with E-state index in [2.05, 4.69) is 33.2 Å². The van der Waals surface area contributed by atoms with Crippen LogP contribution in [0.2, 0.25) is 5.02 Å². The Balaban J connectivity index is 1.04. The third-order valence-corrected chi connectivity index (χ3v) is 8.50. The highest BCUT2D eigenvalue weighted by Gasteiger charge is 2.53. The molecule has 6 rings (SSSR count). The van der Waals surface area contributed by atoms with E-state index in [1.54, 1.807) is 23.7 Å². The van der Waals surface area contributed by atoms with E-state index in [0.29, 0.717) is 45.3 Å². The van der Waals surface area contributed by atoms with Crippen LogP contribution in [0.4, 0.5) is 4.39 Å². The number of benzene rings is 1. The minimum Gasteiger partial charge on any atom is -0.302 e. The second-order valence-corrected chi connectivity index (χ2v) is 10.9. The Morgan fingerprint density at radius 2 is 2.09 bits per heavy atom.